The summed E-state index contributed by atoms with van der Waals surface area (Å²) in [6.07, 6.45) is 0. The fourth-order valence-electron chi connectivity index (χ4n) is 1.12. The van der Waals surface area contributed by atoms with Gasteiger partial charge in [-0.2, -0.15) is 5.26 Å². The van der Waals surface area contributed by atoms with E-state index < -0.39 is 4.92 Å². The fraction of sp³-hybridized carbons (Fsp3) is 0.182. The van der Waals surface area contributed by atoms with Gasteiger partial charge in [0.2, 0.25) is 0 Å². The van der Waals surface area contributed by atoms with Crippen LogP contribution in [0.1, 0.15) is 12.5 Å². The van der Waals surface area contributed by atoms with Gasteiger partial charge in [-0.3, -0.25) is 10.1 Å². The second kappa shape index (κ2) is 5.38. The molecule has 0 aromatic heterocycles. The van der Waals surface area contributed by atoms with Gasteiger partial charge in [-0.15, -0.1) is 5.92 Å². The third-order valence-electron chi connectivity index (χ3n) is 1.88. The van der Waals surface area contributed by atoms with Crippen LogP contribution in [0, 0.1) is 33.3 Å². The van der Waals surface area contributed by atoms with Crippen LogP contribution in [0.25, 0.3) is 0 Å². The summed E-state index contributed by atoms with van der Waals surface area (Å²) >= 11 is 0. The highest BCUT2D eigenvalue weighted by Crippen LogP contribution is 2.20. The van der Waals surface area contributed by atoms with Crippen molar-refractivity contribution >= 4 is 11.4 Å². The second-order valence-electron chi connectivity index (χ2n) is 2.88. The van der Waals surface area contributed by atoms with Crippen LogP contribution in [0.2, 0.25) is 0 Å². The van der Waals surface area contributed by atoms with Gasteiger partial charge in [-0.25, -0.2) is 0 Å². The molecule has 80 valence electrons. The number of nitrogens with one attached hydrogen (secondary N) is 1. The molecule has 5 nitrogen and oxygen atoms in total. The van der Waals surface area contributed by atoms with E-state index in [1.165, 1.54) is 18.2 Å². The van der Waals surface area contributed by atoms with Crippen LogP contribution >= 0.6 is 0 Å². The maximum Gasteiger partial charge on any atom is 0.270 e. The van der Waals surface area contributed by atoms with E-state index in [1.54, 1.807) is 6.92 Å². The molecule has 1 N–H and O–H groups in total. The molecule has 0 saturated carbocycles. The van der Waals surface area contributed by atoms with Crippen molar-refractivity contribution in [1.82, 2.24) is 0 Å². The fourth-order valence-corrected chi connectivity index (χ4v) is 1.12. The number of benzene rings is 1. The lowest BCUT2D eigenvalue weighted by atomic mass is 10.1. The van der Waals surface area contributed by atoms with Crippen LogP contribution in [-0.2, 0) is 0 Å². The molecule has 0 saturated heterocycles. The van der Waals surface area contributed by atoms with E-state index in [0.29, 0.717) is 12.2 Å². The minimum atomic E-state index is -0.531. The van der Waals surface area contributed by atoms with Gasteiger partial charge in [0.1, 0.15) is 6.07 Å². The van der Waals surface area contributed by atoms with Gasteiger partial charge in [0.05, 0.1) is 22.7 Å². The Morgan fingerprint density at radius 1 is 1.56 bits per heavy atom. The first-order valence-corrected chi connectivity index (χ1v) is 4.51. The third kappa shape index (κ3) is 2.73. The Labute approximate surface area is 92.9 Å². The monoisotopic (exact) mass is 215 g/mol. The van der Waals surface area contributed by atoms with Crippen molar-refractivity contribution in [2.45, 2.75) is 6.92 Å². The Kier molecular flexibility index (Phi) is 3.88. The molecular weight excluding hydrogens is 206 g/mol. The van der Waals surface area contributed by atoms with Crippen LogP contribution in [0.15, 0.2) is 18.2 Å². The first-order chi connectivity index (χ1) is 7.69. The van der Waals surface area contributed by atoms with Crippen LogP contribution < -0.4 is 5.32 Å². The van der Waals surface area contributed by atoms with Crippen LogP contribution in [0.3, 0.4) is 0 Å². The highest BCUT2D eigenvalue weighted by Gasteiger charge is 2.09. The summed E-state index contributed by atoms with van der Waals surface area (Å²) in [5.41, 5.74) is 0.701. The van der Waals surface area contributed by atoms with Crippen molar-refractivity contribution in [1.29, 1.82) is 5.26 Å². The SMILES string of the molecule is CC#CCNc1ccc([N+](=O)[O-])cc1C#N. The van der Waals surface area contributed by atoms with Gasteiger partial charge < -0.3 is 5.32 Å². The number of nitrogens with zero attached hydrogens (tertiary/aromatic N) is 2. The van der Waals surface area contributed by atoms with Gasteiger partial charge in [-0.05, 0) is 13.0 Å². The lowest BCUT2D eigenvalue weighted by Crippen LogP contribution is -2.01. The Bertz CT molecular complexity index is 506. The molecule has 0 aliphatic heterocycles. The predicted octanol–water partition coefficient (Wildman–Crippen LogP) is 1.90. The summed E-state index contributed by atoms with van der Waals surface area (Å²) in [6, 6.07) is 6.00. The highest BCUT2D eigenvalue weighted by molar-refractivity contribution is 5.61. The highest BCUT2D eigenvalue weighted by atomic mass is 16.6. The predicted molar refractivity (Wildman–Crippen MR) is 59.8 cm³/mol. The first-order valence-electron chi connectivity index (χ1n) is 4.51. The normalized spacial score (nSPS) is 8.50. The second-order valence-corrected chi connectivity index (χ2v) is 2.88. The van der Waals surface area contributed by atoms with E-state index in [1.807, 2.05) is 6.07 Å². The number of nitro benzene ring substituents is 1. The molecule has 0 spiro atoms. The Balaban J connectivity index is 2.97. The van der Waals surface area contributed by atoms with E-state index >= 15 is 0 Å². The molecule has 0 aliphatic rings. The Hall–Kier alpha value is -2.53. The number of hydrogen-bond acceptors (Lipinski definition) is 4. The van der Waals surface area contributed by atoms with E-state index in [4.69, 9.17) is 5.26 Å². The molecule has 0 amide bonds. The van der Waals surface area contributed by atoms with E-state index in [-0.39, 0.29) is 11.3 Å². The van der Waals surface area contributed by atoms with Crippen LogP contribution in [0.4, 0.5) is 11.4 Å². The molecule has 1 aromatic carbocycles. The number of nitriles is 1. The van der Waals surface area contributed by atoms with Crippen molar-refractivity contribution in [3.05, 3.63) is 33.9 Å². The molecule has 0 bridgehead atoms. The largest absolute Gasteiger partial charge is 0.373 e. The Morgan fingerprint density at radius 3 is 2.88 bits per heavy atom. The number of hydrogen-bond donors (Lipinski definition) is 1. The molecule has 0 heterocycles. The van der Waals surface area contributed by atoms with Crippen molar-refractivity contribution < 1.29 is 4.92 Å². The maximum atomic E-state index is 10.5. The van der Waals surface area contributed by atoms with Gasteiger partial charge in [0.25, 0.3) is 5.69 Å². The Morgan fingerprint density at radius 2 is 2.31 bits per heavy atom. The number of non-ortho nitro benzene ring substituents is 1. The van der Waals surface area contributed by atoms with Gasteiger partial charge in [0, 0.05) is 12.1 Å². The molecule has 0 atom stereocenters. The zero-order valence-electron chi connectivity index (χ0n) is 8.65. The summed E-state index contributed by atoms with van der Waals surface area (Å²) in [5, 5.41) is 22.2. The summed E-state index contributed by atoms with van der Waals surface area (Å²) in [4.78, 5) is 9.96. The van der Waals surface area contributed by atoms with Gasteiger partial charge in [-0.1, -0.05) is 5.92 Å². The number of rotatable bonds is 3. The number of nitro groups is 1. The molecular formula is C11H9N3O2. The summed E-state index contributed by atoms with van der Waals surface area (Å²) < 4.78 is 0. The maximum absolute atomic E-state index is 10.5. The van der Waals surface area contributed by atoms with Crippen molar-refractivity contribution in [2.75, 3.05) is 11.9 Å². The summed E-state index contributed by atoms with van der Waals surface area (Å²) in [6.45, 7) is 2.12. The van der Waals surface area contributed by atoms with E-state index in [0.717, 1.165) is 0 Å². The number of anilines is 1. The van der Waals surface area contributed by atoms with Crippen molar-refractivity contribution in [2.24, 2.45) is 0 Å². The standard InChI is InChI=1S/C11H9N3O2/c1-2-3-6-13-11-5-4-10(14(15)16)7-9(11)8-12/h4-5,7,13H,6H2,1H3. The van der Waals surface area contributed by atoms with Gasteiger partial charge >= 0.3 is 0 Å². The van der Waals surface area contributed by atoms with Crippen LogP contribution in [0.5, 0.6) is 0 Å². The molecule has 0 aliphatic carbocycles. The first kappa shape index (κ1) is 11.5. The summed E-state index contributed by atoms with van der Waals surface area (Å²) in [7, 11) is 0. The molecule has 16 heavy (non-hydrogen) atoms. The van der Waals surface area contributed by atoms with E-state index in [2.05, 4.69) is 17.2 Å². The zero-order chi connectivity index (χ0) is 12.0. The zero-order valence-corrected chi connectivity index (χ0v) is 8.65. The average Bonchev–Trinajstić information content (AvgIpc) is 2.29. The van der Waals surface area contributed by atoms with E-state index in [9.17, 15) is 10.1 Å². The molecule has 0 radical (unpaired) electrons. The molecule has 5 heteroatoms. The molecule has 1 rings (SSSR count). The third-order valence-corrected chi connectivity index (χ3v) is 1.88. The quantitative estimate of drug-likeness (QED) is 0.474. The topological polar surface area (TPSA) is 79.0 Å². The summed E-state index contributed by atoms with van der Waals surface area (Å²) in [5.74, 6) is 5.48. The minimum absolute atomic E-state index is 0.0938. The average molecular weight is 215 g/mol. The van der Waals surface area contributed by atoms with Crippen LogP contribution in [-0.4, -0.2) is 11.5 Å². The lowest BCUT2D eigenvalue weighted by Gasteiger charge is -2.03. The minimum Gasteiger partial charge on any atom is -0.373 e. The van der Waals surface area contributed by atoms with Crippen molar-refractivity contribution in [3.63, 3.8) is 0 Å². The lowest BCUT2D eigenvalue weighted by molar-refractivity contribution is -0.384. The molecule has 0 fully saturated rings. The van der Waals surface area contributed by atoms with Gasteiger partial charge in [0.15, 0.2) is 0 Å². The smallest absolute Gasteiger partial charge is 0.270 e. The van der Waals surface area contributed by atoms with Crippen molar-refractivity contribution in [3.8, 4) is 17.9 Å². The molecule has 1 aromatic rings. The molecule has 0 unspecified atom stereocenters.